The first-order valence-corrected chi connectivity index (χ1v) is 21.9. The fourth-order valence-electron chi connectivity index (χ4n) is 7.46. The highest BCUT2D eigenvalue weighted by atomic mass is 32.1. The highest BCUT2D eigenvalue weighted by Gasteiger charge is 2.30. The van der Waals surface area contributed by atoms with Crippen LogP contribution in [0.1, 0.15) is 49.9 Å². The topological polar surface area (TPSA) is 160 Å². The molecule has 10 rings (SSSR count). The largest absolute Gasteiger partial charge is 0.437 e. The SMILES string of the molecule is CC(=O)N1CC[C@@H](c2nccnc2Oc2ccc(Nc3nc4ccccc4s3)cc2)C1.CC(=O)N1CC[C@H](c2nccnc2Oc2ccc(Nc3nc4ccccc4s3)cc2)C1. The van der Waals surface area contributed by atoms with Gasteiger partial charge in [-0.2, -0.15) is 0 Å². The van der Waals surface area contributed by atoms with Crippen molar-refractivity contribution in [2.75, 3.05) is 36.8 Å². The number of hydrogen-bond acceptors (Lipinski definition) is 14. The molecule has 4 aromatic heterocycles. The van der Waals surface area contributed by atoms with E-state index >= 15 is 0 Å². The number of fused-ring (bicyclic) bond motifs is 2. The Bertz CT molecular complexity index is 2580. The van der Waals surface area contributed by atoms with Crippen molar-refractivity contribution < 1.29 is 19.1 Å². The minimum atomic E-state index is 0.0880. The Labute approximate surface area is 365 Å². The van der Waals surface area contributed by atoms with Gasteiger partial charge in [0, 0.05) is 88.0 Å². The molecule has 0 radical (unpaired) electrons. The van der Waals surface area contributed by atoms with E-state index in [9.17, 15) is 9.59 Å². The molecule has 2 aliphatic rings. The zero-order valence-corrected chi connectivity index (χ0v) is 35.6. The van der Waals surface area contributed by atoms with Gasteiger partial charge < -0.3 is 29.9 Å². The summed E-state index contributed by atoms with van der Waals surface area (Å²) in [6.45, 7) is 5.97. The van der Waals surface area contributed by atoms with Crippen LogP contribution in [0.2, 0.25) is 0 Å². The second kappa shape index (κ2) is 18.3. The minimum Gasteiger partial charge on any atom is -0.437 e. The van der Waals surface area contributed by atoms with Crippen molar-refractivity contribution in [3.8, 4) is 23.3 Å². The highest BCUT2D eigenvalue weighted by molar-refractivity contribution is 7.22. The molecule has 0 unspecified atom stereocenters. The lowest BCUT2D eigenvalue weighted by Gasteiger charge is -2.15. The fraction of sp³-hybridized carbons (Fsp3) is 0.217. The summed E-state index contributed by atoms with van der Waals surface area (Å²) in [5.74, 6) is 2.78. The first kappa shape index (κ1) is 40.4. The van der Waals surface area contributed by atoms with Crippen molar-refractivity contribution in [3.05, 3.63) is 133 Å². The molecular formula is C46H42N10O4S2. The van der Waals surface area contributed by atoms with Gasteiger partial charge in [0.25, 0.3) is 0 Å². The molecule has 8 aromatic rings. The molecule has 312 valence electrons. The Morgan fingerprint density at radius 1 is 0.565 bits per heavy atom. The summed E-state index contributed by atoms with van der Waals surface area (Å²) < 4.78 is 14.4. The number of ether oxygens (including phenoxy) is 2. The minimum absolute atomic E-state index is 0.0880. The Kier molecular flexibility index (Phi) is 11.9. The summed E-state index contributed by atoms with van der Waals surface area (Å²) in [7, 11) is 0. The van der Waals surface area contributed by atoms with E-state index in [0.29, 0.717) is 36.3 Å². The molecule has 0 bridgehead atoms. The van der Waals surface area contributed by atoms with Gasteiger partial charge in [0.2, 0.25) is 23.6 Å². The van der Waals surface area contributed by atoms with E-state index in [1.807, 2.05) is 94.7 Å². The molecule has 4 aromatic carbocycles. The third-order valence-corrected chi connectivity index (χ3v) is 12.6. The number of anilines is 4. The normalized spacial score (nSPS) is 15.9. The van der Waals surface area contributed by atoms with Crippen LogP contribution < -0.4 is 20.1 Å². The molecule has 2 amide bonds. The Morgan fingerprint density at radius 2 is 0.968 bits per heavy atom. The second-order valence-corrected chi connectivity index (χ2v) is 16.9. The van der Waals surface area contributed by atoms with Crippen LogP contribution in [0.15, 0.2) is 122 Å². The van der Waals surface area contributed by atoms with Crippen LogP contribution in [0.5, 0.6) is 23.3 Å². The van der Waals surface area contributed by atoms with Crippen molar-refractivity contribution >= 4 is 76.6 Å². The van der Waals surface area contributed by atoms with Crippen LogP contribution in [-0.2, 0) is 9.59 Å². The van der Waals surface area contributed by atoms with Crippen molar-refractivity contribution in [1.29, 1.82) is 0 Å². The van der Waals surface area contributed by atoms with Crippen molar-refractivity contribution in [2.24, 2.45) is 0 Å². The Morgan fingerprint density at radius 3 is 1.35 bits per heavy atom. The Balaban J connectivity index is 0.000000158. The van der Waals surface area contributed by atoms with E-state index in [2.05, 4.69) is 52.7 Å². The van der Waals surface area contributed by atoms with Crippen LogP contribution in [0.4, 0.5) is 21.6 Å². The molecule has 2 aliphatic heterocycles. The first-order chi connectivity index (χ1) is 30.3. The number of nitrogens with one attached hydrogen (secondary N) is 2. The number of para-hydroxylation sites is 2. The van der Waals surface area contributed by atoms with Crippen LogP contribution in [0.3, 0.4) is 0 Å². The van der Waals surface area contributed by atoms with Crippen molar-refractivity contribution in [2.45, 2.75) is 38.5 Å². The molecule has 0 saturated carbocycles. The number of hydrogen-bond donors (Lipinski definition) is 2. The monoisotopic (exact) mass is 862 g/mol. The molecular weight excluding hydrogens is 821 g/mol. The standard InChI is InChI=1S/2C23H21N5O2S/c2*1-15(29)28-13-10-16(14-28)21-22(25-12-11-24-21)30-18-8-6-17(7-9-18)26-23-27-19-4-2-3-5-20(19)31-23/h2*2-9,11-12,16H,10,13-14H2,1H3,(H,26,27)/t2*16-/m10/s1. The summed E-state index contributed by atoms with van der Waals surface area (Å²) in [5.41, 5.74) is 5.42. The first-order valence-electron chi connectivity index (χ1n) is 20.2. The molecule has 2 fully saturated rings. The number of thiazole rings is 2. The quantitative estimate of drug-likeness (QED) is 0.134. The number of likely N-dealkylation sites (tertiary alicyclic amines) is 2. The summed E-state index contributed by atoms with van der Waals surface area (Å²) in [6, 6.07) is 31.5. The van der Waals surface area contributed by atoms with Gasteiger partial charge in [-0.05, 0) is 85.6 Å². The second-order valence-electron chi connectivity index (χ2n) is 14.9. The maximum absolute atomic E-state index is 11.7. The van der Waals surface area contributed by atoms with E-state index in [-0.39, 0.29) is 23.7 Å². The van der Waals surface area contributed by atoms with Crippen LogP contribution in [0, 0.1) is 0 Å². The summed E-state index contributed by atoms with van der Waals surface area (Å²) in [4.78, 5) is 54.0. The molecule has 16 heteroatoms. The van der Waals surface area contributed by atoms with Gasteiger partial charge in [-0.15, -0.1) is 0 Å². The molecule has 6 heterocycles. The summed E-state index contributed by atoms with van der Waals surface area (Å²) in [6.07, 6.45) is 8.31. The molecule has 0 aliphatic carbocycles. The Hall–Kier alpha value is -7.04. The maximum Gasteiger partial charge on any atom is 0.241 e. The smallest absolute Gasteiger partial charge is 0.241 e. The molecule has 14 nitrogen and oxygen atoms in total. The molecule has 2 saturated heterocycles. The predicted octanol–water partition coefficient (Wildman–Crippen LogP) is 9.92. The van der Waals surface area contributed by atoms with Crippen LogP contribution in [-0.4, -0.2) is 77.7 Å². The third kappa shape index (κ3) is 9.46. The number of carbonyl (C=O) groups excluding carboxylic acids is 2. The lowest BCUT2D eigenvalue weighted by molar-refractivity contribution is -0.128. The average molecular weight is 863 g/mol. The van der Waals surface area contributed by atoms with Crippen LogP contribution in [0.25, 0.3) is 20.4 Å². The highest BCUT2D eigenvalue weighted by Crippen LogP contribution is 2.36. The number of carbonyl (C=O) groups is 2. The average Bonchev–Trinajstić information content (AvgIpc) is 4.12. The molecule has 2 N–H and O–H groups in total. The van der Waals surface area contributed by atoms with Gasteiger partial charge >= 0.3 is 0 Å². The van der Waals surface area contributed by atoms with Gasteiger partial charge in [-0.3, -0.25) is 19.6 Å². The fourth-order valence-corrected chi connectivity index (χ4v) is 9.23. The van der Waals surface area contributed by atoms with E-state index in [1.54, 1.807) is 61.3 Å². The molecule has 2 atom stereocenters. The summed E-state index contributed by atoms with van der Waals surface area (Å²) in [5, 5.41) is 8.38. The predicted molar refractivity (Wildman–Crippen MR) is 242 cm³/mol. The lowest BCUT2D eigenvalue weighted by Crippen LogP contribution is -2.25. The maximum atomic E-state index is 11.7. The van der Waals surface area contributed by atoms with Gasteiger partial charge in [0.1, 0.15) is 22.9 Å². The molecule has 62 heavy (non-hydrogen) atoms. The van der Waals surface area contributed by atoms with Crippen LogP contribution >= 0.6 is 22.7 Å². The zero-order chi connectivity index (χ0) is 42.4. The molecule has 0 spiro atoms. The van der Waals surface area contributed by atoms with E-state index in [0.717, 1.165) is 79.4 Å². The van der Waals surface area contributed by atoms with Gasteiger partial charge in [-0.1, -0.05) is 46.9 Å². The van der Waals surface area contributed by atoms with Gasteiger partial charge in [0.05, 0.1) is 20.4 Å². The van der Waals surface area contributed by atoms with Gasteiger partial charge in [0.15, 0.2) is 10.3 Å². The third-order valence-electron chi connectivity index (χ3n) is 10.7. The van der Waals surface area contributed by atoms with Crippen molar-refractivity contribution in [3.63, 3.8) is 0 Å². The van der Waals surface area contributed by atoms with Gasteiger partial charge in [-0.25, -0.2) is 19.9 Å². The number of amides is 2. The summed E-state index contributed by atoms with van der Waals surface area (Å²) >= 11 is 3.23. The lowest BCUT2D eigenvalue weighted by atomic mass is 10.1. The van der Waals surface area contributed by atoms with Crippen molar-refractivity contribution in [1.82, 2.24) is 39.7 Å². The van der Waals surface area contributed by atoms with E-state index < -0.39 is 0 Å². The van der Waals surface area contributed by atoms with E-state index in [4.69, 9.17) is 9.47 Å². The number of aromatic nitrogens is 6. The zero-order valence-electron chi connectivity index (χ0n) is 34.0. The number of benzene rings is 4. The van der Waals surface area contributed by atoms with E-state index in [1.165, 1.54) is 0 Å². The number of nitrogens with zero attached hydrogens (tertiary/aromatic N) is 8. The number of rotatable bonds is 10.